The largest absolute Gasteiger partial charge is 0.461 e. The van der Waals surface area contributed by atoms with Crippen molar-refractivity contribution in [2.24, 2.45) is 0 Å². The van der Waals surface area contributed by atoms with E-state index in [1.807, 2.05) is 6.92 Å². The van der Waals surface area contributed by atoms with Gasteiger partial charge in [-0.2, -0.15) is 4.98 Å². The number of ether oxygens (including phenoxy) is 1. The molecule has 0 radical (unpaired) electrons. The van der Waals surface area contributed by atoms with Gasteiger partial charge in [-0.15, -0.1) is 5.10 Å². The van der Waals surface area contributed by atoms with Crippen LogP contribution in [0.25, 0.3) is 0 Å². The van der Waals surface area contributed by atoms with Crippen LogP contribution in [0.2, 0.25) is 0 Å². The van der Waals surface area contributed by atoms with E-state index in [4.69, 9.17) is 4.74 Å². The molecule has 102 valence electrons. The SMILES string of the molecule is CCCc1c(C(=O)OCC)nnn1Cc1ncon1. The van der Waals surface area contributed by atoms with Gasteiger partial charge in [-0.1, -0.05) is 23.7 Å². The Morgan fingerprint density at radius 2 is 2.32 bits per heavy atom. The lowest BCUT2D eigenvalue weighted by molar-refractivity contribution is 0.0518. The van der Waals surface area contributed by atoms with E-state index in [2.05, 4.69) is 25.0 Å². The van der Waals surface area contributed by atoms with E-state index in [0.29, 0.717) is 25.4 Å². The molecule has 0 aliphatic rings. The fourth-order valence-electron chi connectivity index (χ4n) is 1.70. The first-order valence-electron chi connectivity index (χ1n) is 6.11. The molecule has 0 saturated heterocycles. The molecule has 2 heterocycles. The van der Waals surface area contributed by atoms with E-state index in [9.17, 15) is 4.79 Å². The smallest absolute Gasteiger partial charge is 0.360 e. The molecule has 8 heteroatoms. The van der Waals surface area contributed by atoms with Crippen LogP contribution in [0.15, 0.2) is 10.9 Å². The average molecular weight is 265 g/mol. The Morgan fingerprint density at radius 1 is 1.47 bits per heavy atom. The van der Waals surface area contributed by atoms with Gasteiger partial charge in [-0.05, 0) is 13.3 Å². The molecule has 0 amide bonds. The molecule has 0 aliphatic heterocycles. The lowest BCUT2D eigenvalue weighted by Gasteiger charge is -2.04. The maximum Gasteiger partial charge on any atom is 0.360 e. The fourth-order valence-corrected chi connectivity index (χ4v) is 1.70. The lowest BCUT2D eigenvalue weighted by Crippen LogP contribution is -2.12. The van der Waals surface area contributed by atoms with Crippen molar-refractivity contribution in [3.05, 3.63) is 23.6 Å². The summed E-state index contributed by atoms with van der Waals surface area (Å²) in [7, 11) is 0. The zero-order chi connectivity index (χ0) is 13.7. The summed E-state index contributed by atoms with van der Waals surface area (Å²) in [6, 6.07) is 0. The molecule has 0 fully saturated rings. The van der Waals surface area contributed by atoms with E-state index in [-0.39, 0.29) is 5.69 Å². The minimum atomic E-state index is -0.453. The Hall–Kier alpha value is -2.25. The third-order valence-electron chi connectivity index (χ3n) is 2.49. The summed E-state index contributed by atoms with van der Waals surface area (Å²) < 4.78 is 11.2. The number of carbonyl (C=O) groups excluding carboxylic acids is 1. The normalized spacial score (nSPS) is 10.6. The summed E-state index contributed by atoms with van der Waals surface area (Å²) >= 11 is 0. The highest BCUT2D eigenvalue weighted by Gasteiger charge is 2.20. The molecule has 8 nitrogen and oxygen atoms in total. The quantitative estimate of drug-likeness (QED) is 0.714. The van der Waals surface area contributed by atoms with Crippen molar-refractivity contribution < 1.29 is 14.1 Å². The van der Waals surface area contributed by atoms with Gasteiger partial charge in [0.25, 0.3) is 0 Å². The van der Waals surface area contributed by atoms with Crippen LogP contribution in [-0.2, 0) is 17.7 Å². The van der Waals surface area contributed by atoms with Crippen LogP contribution in [-0.4, -0.2) is 37.7 Å². The van der Waals surface area contributed by atoms with Crippen LogP contribution in [0.1, 0.15) is 42.3 Å². The fraction of sp³-hybridized carbons (Fsp3) is 0.545. The van der Waals surface area contributed by atoms with Crippen LogP contribution in [0.3, 0.4) is 0 Å². The van der Waals surface area contributed by atoms with E-state index in [0.717, 1.165) is 12.1 Å². The molecule has 0 aromatic carbocycles. The highest BCUT2D eigenvalue weighted by molar-refractivity contribution is 5.88. The number of hydrogen-bond acceptors (Lipinski definition) is 7. The minimum Gasteiger partial charge on any atom is -0.461 e. The van der Waals surface area contributed by atoms with Crippen molar-refractivity contribution in [3.63, 3.8) is 0 Å². The maximum atomic E-state index is 11.8. The molecule has 0 saturated carbocycles. The van der Waals surface area contributed by atoms with Gasteiger partial charge < -0.3 is 9.26 Å². The van der Waals surface area contributed by atoms with Gasteiger partial charge in [0.05, 0.1) is 12.3 Å². The van der Waals surface area contributed by atoms with E-state index < -0.39 is 5.97 Å². The molecule has 2 aromatic rings. The van der Waals surface area contributed by atoms with Crippen LogP contribution < -0.4 is 0 Å². The summed E-state index contributed by atoms with van der Waals surface area (Å²) in [6.45, 7) is 4.39. The lowest BCUT2D eigenvalue weighted by atomic mass is 10.2. The number of aromatic nitrogens is 5. The number of nitrogens with zero attached hydrogens (tertiary/aromatic N) is 5. The van der Waals surface area contributed by atoms with Gasteiger partial charge >= 0.3 is 5.97 Å². The molecule has 19 heavy (non-hydrogen) atoms. The van der Waals surface area contributed by atoms with E-state index >= 15 is 0 Å². The van der Waals surface area contributed by atoms with E-state index in [1.54, 1.807) is 11.6 Å². The second kappa shape index (κ2) is 6.07. The first kappa shape index (κ1) is 13.2. The predicted octanol–water partition coefficient (Wildman–Crippen LogP) is 0.839. The maximum absolute atomic E-state index is 11.8. The number of hydrogen-bond donors (Lipinski definition) is 0. The second-order valence-corrected chi connectivity index (χ2v) is 3.86. The predicted molar refractivity (Wildman–Crippen MR) is 63.4 cm³/mol. The Balaban J connectivity index is 2.25. The molecule has 0 N–H and O–H groups in total. The van der Waals surface area contributed by atoms with Crippen molar-refractivity contribution in [2.45, 2.75) is 33.2 Å². The third kappa shape index (κ3) is 2.95. The summed E-state index contributed by atoms with van der Waals surface area (Å²) in [5.74, 6) is 0.0305. The van der Waals surface area contributed by atoms with Crippen molar-refractivity contribution >= 4 is 5.97 Å². The molecular weight excluding hydrogens is 250 g/mol. The summed E-state index contributed by atoms with van der Waals surface area (Å²) in [5, 5.41) is 11.6. The first-order chi connectivity index (χ1) is 9.26. The van der Waals surface area contributed by atoms with Crippen molar-refractivity contribution in [2.75, 3.05) is 6.61 Å². The Kier molecular flexibility index (Phi) is 4.22. The van der Waals surface area contributed by atoms with Crippen LogP contribution in [0, 0.1) is 0 Å². The number of rotatable bonds is 6. The molecule has 0 unspecified atom stereocenters. The third-order valence-corrected chi connectivity index (χ3v) is 2.49. The molecule has 0 bridgehead atoms. The zero-order valence-electron chi connectivity index (χ0n) is 10.9. The first-order valence-corrected chi connectivity index (χ1v) is 6.11. The molecule has 2 rings (SSSR count). The van der Waals surface area contributed by atoms with Crippen molar-refractivity contribution in [1.82, 2.24) is 25.1 Å². The Labute approximate surface area is 109 Å². The molecule has 0 atom stereocenters. The average Bonchev–Trinajstić information content (AvgIpc) is 3.02. The van der Waals surface area contributed by atoms with Gasteiger partial charge in [0.15, 0.2) is 11.5 Å². The number of esters is 1. The molecular formula is C11H15N5O3. The van der Waals surface area contributed by atoms with E-state index in [1.165, 1.54) is 6.39 Å². The van der Waals surface area contributed by atoms with Crippen LogP contribution in [0.5, 0.6) is 0 Å². The molecule has 2 aromatic heterocycles. The summed E-state index contributed by atoms with van der Waals surface area (Å²) in [4.78, 5) is 15.7. The Bertz CT molecular complexity index is 535. The monoisotopic (exact) mass is 265 g/mol. The highest BCUT2D eigenvalue weighted by Crippen LogP contribution is 2.11. The van der Waals surface area contributed by atoms with Crippen molar-refractivity contribution in [3.8, 4) is 0 Å². The Morgan fingerprint density at radius 3 is 2.95 bits per heavy atom. The van der Waals surface area contributed by atoms with Crippen LogP contribution >= 0.6 is 0 Å². The van der Waals surface area contributed by atoms with Crippen molar-refractivity contribution in [1.29, 1.82) is 0 Å². The second-order valence-electron chi connectivity index (χ2n) is 3.86. The summed E-state index contributed by atoms with van der Waals surface area (Å²) in [6.07, 6.45) is 2.79. The topological polar surface area (TPSA) is 95.9 Å². The van der Waals surface area contributed by atoms with Crippen LogP contribution in [0.4, 0.5) is 0 Å². The standard InChI is InChI=1S/C11H15N5O3/c1-3-5-8-10(11(17)18-4-2)13-15-16(8)6-9-12-7-19-14-9/h7H,3-6H2,1-2H3. The highest BCUT2D eigenvalue weighted by atomic mass is 16.5. The minimum absolute atomic E-state index is 0.257. The summed E-state index contributed by atoms with van der Waals surface area (Å²) in [5.41, 5.74) is 0.984. The number of carbonyl (C=O) groups is 1. The van der Waals surface area contributed by atoms with Gasteiger partial charge in [0.1, 0.15) is 6.54 Å². The van der Waals surface area contributed by atoms with Gasteiger partial charge in [-0.3, -0.25) is 0 Å². The van der Waals surface area contributed by atoms with Gasteiger partial charge in [-0.25, -0.2) is 9.48 Å². The molecule has 0 aliphatic carbocycles. The van der Waals surface area contributed by atoms with Gasteiger partial charge in [0, 0.05) is 0 Å². The van der Waals surface area contributed by atoms with Gasteiger partial charge in [0.2, 0.25) is 6.39 Å². The zero-order valence-corrected chi connectivity index (χ0v) is 10.9. The molecule has 0 spiro atoms.